The molecule has 0 atom stereocenters. The quantitative estimate of drug-likeness (QED) is 0.432. The SMILES string of the molecule is CCOCCCCNC(=NC)NCc1cccs1. The third-order valence-corrected chi connectivity index (χ3v) is 3.32. The average Bonchev–Trinajstić information content (AvgIpc) is 2.90. The summed E-state index contributed by atoms with van der Waals surface area (Å²) in [6.45, 7) is 5.43. The predicted octanol–water partition coefficient (Wildman–Crippen LogP) is 2.23. The van der Waals surface area contributed by atoms with Crippen LogP contribution in [0, 0.1) is 0 Å². The van der Waals surface area contributed by atoms with Crippen molar-refractivity contribution in [2.75, 3.05) is 26.8 Å². The van der Waals surface area contributed by atoms with Crippen LogP contribution >= 0.6 is 11.3 Å². The Kier molecular flexibility index (Phi) is 8.25. The van der Waals surface area contributed by atoms with Gasteiger partial charge in [0.05, 0.1) is 6.54 Å². The minimum absolute atomic E-state index is 0.803. The van der Waals surface area contributed by atoms with Crippen molar-refractivity contribution in [1.29, 1.82) is 0 Å². The lowest BCUT2D eigenvalue weighted by atomic mass is 10.3. The van der Waals surface area contributed by atoms with Gasteiger partial charge >= 0.3 is 0 Å². The first-order chi connectivity index (χ1) is 8.86. The smallest absolute Gasteiger partial charge is 0.191 e. The normalized spacial score (nSPS) is 11.6. The average molecular weight is 269 g/mol. The van der Waals surface area contributed by atoms with Gasteiger partial charge in [-0.2, -0.15) is 0 Å². The molecule has 0 amide bonds. The summed E-state index contributed by atoms with van der Waals surface area (Å²) in [6.07, 6.45) is 2.18. The third kappa shape index (κ3) is 6.61. The maximum atomic E-state index is 5.29. The van der Waals surface area contributed by atoms with Crippen LogP contribution in [0.5, 0.6) is 0 Å². The Morgan fingerprint density at radius 1 is 1.39 bits per heavy atom. The molecule has 0 bridgehead atoms. The molecule has 0 spiro atoms. The fourth-order valence-corrected chi connectivity index (χ4v) is 2.13. The van der Waals surface area contributed by atoms with Crippen LogP contribution in [0.4, 0.5) is 0 Å². The lowest BCUT2D eigenvalue weighted by molar-refractivity contribution is 0.143. The summed E-state index contributed by atoms with van der Waals surface area (Å²) in [4.78, 5) is 5.50. The second kappa shape index (κ2) is 9.91. The number of unbranched alkanes of at least 4 members (excludes halogenated alkanes) is 1. The fourth-order valence-electron chi connectivity index (χ4n) is 1.48. The van der Waals surface area contributed by atoms with Crippen LogP contribution in [-0.4, -0.2) is 32.8 Å². The molecule has 0 radical (unpaired) electrons. The number of thiophene rings is 1. The summed E-state index contributed by atoms with van der Waals surface area (Å²) in [7, 11) is 1.80. The molecule has 0 aliphatic heterocycles. The minimum atomic E-state index is 0.803. The summed E-state index contributed by atoms with van der Waals surface area (Å²) in [5, 5.41) is 8.67. The van der Waals surface area contributed by atoms with Gasteiger partial charge in [0, 0.05) is 31.7 Å². The van der Waals surface area contributed by atoms with Crippen molar-refractivity contribution in [2.45, 2.75) is 26.3 Å². The Morgan fingerprint density at radius 3 is 2.94 bits per heavy atom. The van der Waals surface area contributed by atoms with Crippen molar-refractivity contribution in [2.24, 2.45) is 4.99 Å². The summed E-state index contributed by atoms with van der Waals surface area (Å²) < 4.78 is 5.29. The van der Waals surface area contributed by atoms with Crippen molar-refractivity contribution in [3.8, 4) is 0 Å². The molecule has 0 saturated heterocycles. The molecule has 0 aliphatic rings. The molecule has 1 aromatic rings. The summed E-state index contributed by atoms with van der Waals surface area (Å²) in [6, 6.07) is 4.18. The van der Waals surface area contributed by atoms with E-state index >= 15 is 0 Å². The highest BCUT2D eigenvalue weighted by atomic mass is 32.1. The Labute approximate surface area is 113 Å². The lowest BCUT2D eigenvalue weighted by Crippen LogP contribution is -2.37. The second-order valence-corrected chi connectivity index (χ2v) is 4.87. The van der Waals surface area contributed by atoms with Crippen molar-refractivity contribution in [3.05, 3.63) is 22.4 Å². The van der Waals surface area contributed by atoms with E-state index in [0.29, 0.717) is 0 Å². The molecule has 102 valence electrons. The molecule has 0 fully saturated rings. The number of nitrogens with zero attached hydrogens (tertiary/aromatic N) is 1. The second-order valence-electron chi connectivity index (χ2n) is 3.84. The van der Waals surface area contributed by atoms with E-state index in [1.807, 2.05) is 6.92 Å². The number of guanidine groups is 1. The van der Waals surface area contributed by atoms with E-state index in [4.69, 9.17) is 4.74 Å². The topological polar surface area (TPSA) is 45.6 Å². The van der Waals surface area contributed by atoms with Gasteiger partial charge in [0.15, 0.2) is 5.96 Å². The molecule has 0 saturated carbocycles. The number of ether oxygens (including phenoxy) is 1. The molecular weight excluding hydrogens is 246 g/mol. The van der Waals surface area contributed by atoms with E-state index in [1.165, 1.54) is 4.88 Å². The van der Waals surface area contributed by atoms with Gasteiger partial charge in [-0.1, -0.05) is 6.07 Å². The molecule has 1 heterocycles. The number of hydrogen-bond acceptors (Lipinski definition) is 3. The van der Waals surface area contributed by atoms with Gasteiger partial charge in [0.1, 0.15) is 0 Å². The van der Waals surface area contributed by atoms with E-state index in [9.17, 15) is 0 Å². The van der Waals surface area contributed by atoms with Gasteiger partial charge in [-0.05, 0) is 31.2 Å². The van der Waals surface area contributed by atoms with Gasteiger partial charge in [-0.3, -0.25) is 4.99 Å². The van der Waals surface area contributed by atoms with Crippen LogP contribution in [0.25, 0.3) is 0 Å². The molecule has 1 aromatic heterocycles. The molecule has 4 nitrogen and oxygen atoms in total. The molecule has 18 heavy (non-hydrogen) atoms. The first kappa shape index (κ1) is 15.0. The van der Waals surface area contributed by atoms with Crippen molar-refractivity contribution < 1.29 is 4.74 Å². The lowest BCUT2D eigenvalue weighted by Gasteiger charge is -2.11. The largest absolute Gasteiger partial charge is 0.382 e. The van der Waals surface area contributed by atoms with Crippen LogP contribution in [0.1, 0.15) is 24.6 Å². The van der Waals surface area contributed by atoms with Crippen molar-refractivity contribution in [1.82, 2.24) is 10.6 Å². The van der Waals surface area contributed by atoms with Crippen LogP contribution in [0.2, 0.25) is 0 Å². The fraction of sp³-hybridized carbons (Fsp3) is 0.615. The molecule has 0 aliphatic carbocycles. The van der Waals surface area contributed by atoms with E-state index in [2.05, 4.69) is 33.1 Å². The molecule has 0 unspecified atom stereocenters. The molecule has 5 heteroatoms. The van der Waals surface area contributed by atoms with Crippen LogP contribution in [-0.2, 0) is 11.3 Å². The predicted molar refractivity (Wildman–Crippen MR) is 78.2 cm³/mol. The Hall–Kier alpha value is -1.07. The molecular formula is C13H23N3OS. The van der Waals surface area contributed by atoms with Gasteiger partial charge in [-0.15, -0.1) is 11.3 Å². The Bertz CT molecular complexity index is 325. The number of aliphatic imine (C=N–C) groups is 1. The van der Waals surface area contributed by atoms with Gasteiger partial charge in [0.2, 0.25) is 0 Å². The molecule has 0 aromatic carbocycles. The van der Waals surface area contributed by atoms with Crippen LogP contribution in [0.15, 0.2) is 22.5 Å². The zero-order chi connectivity index (χ0) is 13.1. The van der Waals surface area contributed by atoms with E-state index in [1.54, 1.807) is 18.4 Å². The maximum Gasteiger partial charge on any atom is 0.191 e. The highest BCUT2D eigenvalue weighted by molar-refractivity contribution is 7.09. The van der Waals surface area contributed by atoms with Crippen molar-refractivity contribution in [3.63, 3.8) is 0 Å². The Balaban J connectivity index is 2.07. The summed E-state index contributed by atoms with van der Waals surface area (Å²) in [5.74, 6) is 0.861. The van der Waals surface area contributed by atoms with Gasteiger partial charge in [-0.25, -0.2) is 0 Å². The summed E-state index contributed by atoms with van der Waals surface area (Å²) >= 11 is 1.75. The minimum Gasteiger partial charge on any atom is -0.382 e. The zero-order valence-corrected chi connectivity index (χ0v) is 12.1. The zero-order valence-electron chi connectivity index (χ0n) is 11.2. The van der Waals surface area contributed by atoms with Crippen molar-refractivity contribution >= 4 is 17.3 Å². The standard InChI is InChI=1S/C13H23N3OS/c1-3-17-9-5-4-8-15-13(14-2)16-11-12-7-6-10-18-12/h6-7,10H,3-5,8-9,11H2,1-2H3,(H2,14,15,16). The number of nitrogens with one attached hydrogen (secondary N) is 2. The van der Waals surface area contributed by atoms with Gasteiger partial charge in [0.25, 0.3) is 0 Å². The summed E-state index contributed by atoms with van der Waals surface area (Å²) in [5.41, 5.74) is 0. The maximum absolute atomic E-state index is 5.29. The highest BCUT2D eigenvalue weighted by Gasteiger charge is 1.98. The van der Waals surface area contributed by atoms with Crippen LogP contribution < -0.4 is 10.6 Å². The monoisotopic (exact) mass is 269 g/mol. The first-order valence-corrected chi connectivity index (χ1v) is 7.29. The number of hydrogen-bond donors (Lipinski definition) is 2. The molecule has 2 N–H and O–H groups in total. The highest BCUT2D eigenvalue weighted by Crippen LogP contribution is 2.06. The third-order valence-electron chi connectivity index (χ3n) is 2.45. The van der Waals surface area contributed by atoms with E-state index in [0.717, 1.165) is 45.1 Å². The van der Waals surface area contributed by atoms with Crippen LogP contribution in [0.3, 0.4) is 0 Å². The van der Waals surface area contributed by atoms with Gasteiger partial charge < -0.3 is 15.4 Å². The first-order valence-electron chi connectivity index (χ1n) is 6.41. The Morgan fingerprint density at radius 2 is 2.28 bits per heavy atom. The van der Waals surface area contributed by atoms with E-state index < -0.39 is 0 Å². The van der Waals surface area contributed by atoms with E-state index in [-0.39, 0.29) is 0 Å². The number of rotatable bonds is 8. The molecule has 1 rings (SSSR count).